The van der Waals surface area contributed by atoms with Gasteiger partial charge in [-0.3, -0.25) is 4.79 Å². The molecule has 3 aromatic rings. The Hall–Kier alpha value is -4.32. The lowest BCUT2D eigenvalue weighted by atomic mass is 10.00. The molecule has 1 aliphatic rings. The van der Waals surface area contributed by atoms with Crippen LogP contribution in [-0.2, 0) is 14.3 Å². The lowest BCUT2D eigenvalue weighted by Crippen LogP contribution is -2.56. The van der Waals surface area contributed by atoms with E-state index in [0.717, 1.165) is 0 Å². The van der Waals surface area contributed by atoms with E-state index in [1.807, 2.05) is 17.9 Å². The normalized spacial score (nSPS) is 16.1. The SMILES string of the molecule is CCNc1nc(Nc2cc(C#N)cc(N3CCC(NC(=O)OC)C(OC(=O)C(N)CCCN)C3)c2Cl)nn2c(C#N)cnc12.Cl.Cl. The highest BCUT2D eigenvalue weighted by Gasteiger charge is 2.35. The van der Waals surface area contributed by atoms with Crippen LogP contribution in [0.2, 0.25) is 5.02 Å². The summed E-state index contributed by atoms with van der Waals surface area (Å²) in [5.41, 5.74) is 13.2. The molecule has 4 rings (SSSR count). The number of carbonyl (C=O) groups is 2. The molecule has 7 N–H and O–H groups in total. The zero-order valence-corrected chi connectivity index (χ0v) is 27.4. The topological polar surface area (TPSA) is 235 Å². The Morgan fingerprint density at radius 3 is 2.67 bits per heavy atom. The highest BCUT2D eigenvalue weighted by atomic mass is 35.5. The first-order valence-corrected chi connectivity index (χ1v) is 14.3. The van der Waals surface area contributed by atoms with Gasteiger partial charge in [0.1, 0.15) is 18.2 Å². The number of hydrogen-bond donors (Lipinski definition) is 5. The van der Waals surface area contributed by atoms with Crippen LogP contribution < -0.4 is 32.3 Å². The molecule has 19 heteroatoms. The van der Waals surface area contributed by atoms with Gasteiger partial charge in [-0.05, 0) is 44.9 Å². The van der Waals surface area contributed by atoms with Crippen LogP contribution in [0.5, 0.6) is 0 Å². The third-order valence-electron chi connectivity index (χ3n) is 6.93. The molecule has 0 saturated carbocycles. The molecule has 1 aromatic carbocycles. The summed E-state index contributed by atoms with van der Waals surface area (Å²) < 4.78 is 11.9. The molecule has 3 unspecified atom stereocenters. The number of benzene rings is 1. The van der Waals surface area contributed by atoms with Crippen molar-refractivity contribution in [2.75, 3.05) is 48.8 Å². The standard InChI is InChI=1S/C27H33ClN12O4.2ClH/c1-3-33-23-24-34-13-16(12-31)40(24)38-26(37-23)35-19-9-15(11-30)10-20(22(19)28)39-8-6-18(36-27(42)43-2)21(14-39)44-25(41)17(32)5-4-7-29;;/h9-10,13,17-18,21H,3-8,14,29,32H2,1-2H3,(H,36,42)(H2,33,35,37,38);2*1H. The summed E-state index contributed by atoms with van der Waals surface area (Å²) in [5.74, 6) is -0.125. The van der Waals surface area contributed by atoms with Gasteiger partial charge in [-0.1, -0.05) is 11.6 Å². The van der Waals surface area contributed by atoms with Gasteiger partial charge in [-0.25, -0.2) is 9.78 Å². The molecule has 2 aromatic heterocycles. The number of alkyl carbamates (subject to hydrolysis) is 1. The molecule has 46 heavy (non-hydrogen) atoms. The number of halogens is 3. The van der Waals surface area contributed by atoms with Crippen molar-refractivity contribution in [3.05, 3.63) is 34.6 Å². The minimum atomic E-state index is -0.879. The van der Waals surface area contributed by atoms with Crippen LogP contribution in [0, 0.1) is 22.7 Å². The molecule has 1 amide bonds. The molecule has 1 saturated heterocycles. The number of nitrogens with two attached hydrogens (primary N) is 2. The lowest BCUT2D eigenvalue weighted by molar-refractivity contribution is -0.152. The Morgan fingerprint density at radius 1 is 1.26 bits per heavy atom. The summed E-state index contributed by atoms with van der Waals surface area (Å²) >= 11 is 6.90. The van der Waals surface area contributed by atoms with Crippen molar-refractivity contribution in [3.63, 3.8) is 0 Å². The van der Waals surface area contributed by atoms with Crippen LogP contribution in [0.4, 0.5) is 27.9 Å². The minimum absolute atomic E-state index is 0. The molecule has 0 bridgehead atoms. The van der Waals surface area contributed by atoms with E-state index < -0.39 is 30.3 Å². The highest BCUT2D eigenvalue weighted by molar-refractivity contribution is 6.36. The van der Waals surface area contributed by atoms with Crippen LogP contribution in [-0.4, -0.2) is 83.1 Å². The summed E-state index contributed by atoms with van der Waals surface area (Å²) in [6.07, 6.45) is 1.18. The maximum atomic E-state index is 12.8. The first kappa shape index (κ1) is 37.9. The Bertz CT molecular complexity index is 1610. The van der Waals surface area contributed by atoms with Gasteiger partial charge in [0.25, 0.3) is 0 Å². The van der Waals surface area contributed by atoms with Gasteiger partial charge >= 0.3 is 12.1 Å². The van der Waals surface area contributed by atoms with Crippen LogP contribution in [0.1, 0.15) is 37.4 Å². The fourth-order valence-corrected chi connectivity index (χ4v) is 5.01. The van der Waals surface area contributed by atoms with Crippen LogP contribution >= 0.6 is 36.4 Å². The smallest absolute Gasteiger partial charge is 0.407 e. The molecule has 248 valence electrons. The van der Waals surface area contributed by atoms with E-state index in [1.54, 1.807) is 12.1 Å². The highest BCUT2D eigenvalue weighted by Crippen LogP contribution is 2.37. The van der Waals surface area contributed by atoms with Crippen molar-refractivity contribution in [1.82, 2.24) is 24.9 Å². The van der Waals surface area contributed by atoms with Crippen molar-refractivity contribution in [2.24, 2.45) is 11.5 Å². The van der Waals surface area contributed by atoms with E-state index in [-0.39, 0.29) is 53.6 Å². The fourth-order valence-electron chi connectivity index (χ4n) is 4.73. The average molecular weight is 698 g/mol. The Kier molecular flexibility index (Phi) is 14.3. The summed E-state index contributed by atoms with van der Waals surface area (Å²) in [6, 6.07) is 5.90. The maximum Gasteiger partial charge on any atom is 0.407 e. The van der Waals surface area contributed by atoms with Crippen molar-refractivity contribution in [3.8, 4) is 12.1 Å². The number of hydrogen-bond acceptors (Lipinski definition) is 14. The number of piperidine rings is 1. The van der Waals surface area contributed by atoms with Crippen molar-refractivity contribution in [2.45, 2.75) is 44.4 Å². The molecular weight excluding hydrogens is 663 g/mol. The monoisotopic (exact) mass is 696 g/mol. The van der Waals surface area contributed by atoms with E-state index in [0.29, 0.717) is 61.7 Å². The van der Waals surface area contributed by atoms with Gasteiger partial charge in [0.05, 0.1) is 53.9 Å². The Morgan fingerprint density at radius 2 is 2.02 bits per heavy atom. The van der Waals surface area contributed by atoms with Crippen LogP contribution in [0.25, 0.3) is 5.65 Å². The number of methoxy groups -OCH3 is 1. The number of nitrogens with zero attached hydrogens (tertiary/aromatic N) is 7. The lowest BCUT2D eigenvalue weighted by Gasteiger charge is -2.40. The second-order valence-corrected chi connectivity index (χ2v) is 10.3. The molecule has 3 atom stereocenters. The number of carbonyl (C=O) groups excluding carboxylic acids is 2. The third-order valence-corrected chi connectivity index (χ3v) is 7.33. The number of ether oxygens (including phenoxy) is 2. The minimum Gasteiger partial charge on any atom is -0.457 e. The molecule has 16 nitrogen and oxygen atoms in total. The van der Waals surface area contributed by atoms with Crippen LogP contribution in [0.15, 0.2) is 18.3 Å². The largest absolute Gasteiger partial charge is 0.457 e. The second kappa shape index (κ2) is 17.4. The number of esters is 1. The number of aromatic nitrogens is 4. The van der Waals surface area contributed by atoms with E-state index in [9.17, 15) is 20.1 Å². The summed E-state index contributed by atoms with van der Waals surface area (Å²) in [7, 11) is 1.24. The molecule has 0 radical (unpaired) electrons. The van der Waals surface area contributed by atoms with Gasteiger partial charge in [0.2, 0.25) is 5.95 Å². The molecule has 0 spiro atoms. The number of nitrogens with one attached hydrogen (secondary N) is 3. The molecule has 3 heterocycles. The molecule has 1 fully saturated rings. The number of amides is 1. The molecule has 0 aliphatic carbocycles. The van der Waals surface area contributed by atoms with Crippen molar-refractivity contribution < 1.29 is 19.1 Å². The number of imidazole rings is 1. The first-order valence-electron chi connectivity index (χ1n) is 13.9. The predicted octanol–water partition coefficient (Wildman–Crippen LogP) is 2.45. The number of fused-ring (bicyclic) bond motifs is 1. The predicted molar refractivity (Wildman–Crippen MR) is 176 cm³/mol. The fraction of sp³-hybridized carbons (Fsp3) is 0.444. The molecule has 1 aliphatic heterocycles. The van der Waals surface area contributed by atoms with Crippen LogP contribution in [0.3, 0.4) is 0 Å². The Labute approximate surface area is 282 Å². The van der Waals surface area contributed by atoms with Gasteiger partial charge in [-0.15, -0.1) is 29.9 Å². The van der Waals surface area contributed by atoms with Gasteiger partial charge < -0.3 is 41.8 Å². The van der Waals surface area contributed by atoms with E-state index in [2.05, 4.69) is 37.1 Å². The number of rotatable bonds is 11. The quantitative estimate of drug-likeness (QED) is 0.181. The number of anilines is 4. The van der Waals surface area contributed by atoms with Crippen molar-refractivity contribution >= 4 is 77.3 Å². The van der Waals surface area contributed by atoms with Gasteiger partial charge in [0, 0.05) is 13.1 Å². The first-order chi connectivity index (χ1) is 21.2. The zero-order valence-electron chi connectivity index (χ0n) is 25.0. The third kappa shape index (κ3) is 8.68. The summed E-state index contributed by atoms with van der Waals surface area (Å²) in [5, 5.41) is 32.8. The summed E-state index contributed by atoms with van der Waals surface area (Å²) in [4.78, 5) is 35.4. The van der Waals surface area contributed by atoms with Crippen molar-refractivity contribution in [1.29, 1.82) is 10.5 Å². The summed E-state index contributed by atoms with van der Waals surface area (Å²) in [6.45, 7) is 3.34. The van der Waals surface area contributed by atoms with Gasteiger partial charge in [-0.2, -0.15) is 20.0 Å². The Balaban J connectivity index is 0.00000368. The number of nitriles is 2. The molecular formula is C27H35Cl3N12O4. The van der Waals surface area contributed by atoms with Gasteiger partial charge in [0.15, 0.2) is 17.2 Å². The van der Waals surface area contributed by atoms with E-state index in [4.69, 9.17) is 32.5 Å². The van der Waals surface area contributed by atoms with E-state index in [1.165, 1.54) is 17.8 Å². The zero-order chi connectivity index (χ0) is 31.8. The maximum absolute atomic E-state index is 12.8. The second-order valence-electron chi connectivity index (χ2n) is 9.89. The average Bonchev–Trinajstić information content (AvgIpc) is 3.45. The van der Waals surface area contributed by atoms with E-state index >= 15 is 0 Å².